The van der Waals surface area contributed by atoms with Crippen LogP contribution < -0.4 is 16.4 Å². The molecule has 3 rings (SSSR count). The number of nitrogens with one attached hydrogen (secondary N) is 2. The first-order valence-electron chi connectivity index (χ1n) is 10.6. The third-order valence-electron chi connectivity index (χ3n) is 4.96. The van der Waals surface area contributed by atoms with E-state index < -0.39 is 6.17 Å². The number of nitrogen functional groups attached to an aromatic ring is 1. The van der Waals surface area contributed by atoms with Crippen LogP contribution in [0, 0.1) is 0 Å². The molecule has 2 unspecified atom stereocenters. The Labute approximate surface area is 188 Å². The third kappa shape index (κ3) is 7.44. The number of pyridine rings is 1. The van der Waals surface area contributed by atoms with Crippen LogP contribution in [0.3, 0.4) is 0 Å². The normalized spacial score (nSPS) is 12.8. The molecule has 168 valence electrons. The van der Waals surface area contributed by atoms with E-state index in [1.165, 1.54) is 0 Å². The zero-order chi connectivity index (χ0) is 22.8. The van der Waals surface area contributed by atoms with Crippen molar-refractivity contribution in [1.82, 2.24) is 10.3 Å². The summed E-state index contributed by atoms with van der Waals surface area (Å²) in [6.07, 6.45) is 1.40. The maximum atomic E-state index is 13.4. The molecule has 0 aliphatic carbocycles. The molecule has 0 radical (unpaired) electrons. The summed E-state index contributed by atoms with van der Waals surface area (Å²) in [5.74, 6) is 0.0102. The lowest BCUT2D eigenvalue weighted by Gasteiger charge is -2.20. The molecule has 2 atom stereocenters. The summed E-state index contributed by atoms with van der Waals surface area (Å²) in [6.45, 7) is 2.55. The Morgan fingerprint density at radius 1 is 1.03 bits per heavy atom. The highest BCUT2D eigenvalue weighted by atomic mass is 19.1. The number of aromatic nitrogens is 1. The number of nitrogens with zero attached hydrogens (tertiary/aromatic N) is 1. The van der Waals surface area contributed by atoms with Crippen LogP contribution >= 0.6 is 0 Å². The second kappa shape index (κ2) is 11.9. The van der Waals surface area contributed by atoms with Crippen LogP contribution in [-0.2, 0) is 17.9 Å². The molecule has 0 spiro atoms. The van der Waals surface area contributed by atoms with Crippen molar-refractivity contribution in [3.63, 3.8) is 0 Å². The summed E-state index contributed by atoms with van der Waals surface area (Å²) in [7, 11) is 0. The average Bonchev–Trinajstić information content (AvgIpc) is 2.81. The predicted octanol–water partition coefficient (Wildman–Crippen LogP) is 4.69. The van der Waals surface area contributed by atoms with Crippen LogP contribution in [0.25, 0.3) is 0 Å². The fourth-order valence-electron chi connectivity index (χ4n) is 3.12. The van der Waals surface area contributed by atoms with Crippen molar-refractivity contribution in [2.75, 3.05) is 11.1 Å². The van der Waals surface area contributed by atoms with Gasteiger partial charge in [-0.05, 0) is 55.2 Å². The molecular weight excluding hydrogens is 407 g/mol. The summed E-state index contributed by atoms with van der Waals surface area (Å²) in [5.41, 5.74) is 8.82. The van der Waals surface area contributed by atoms with E-state index in [-0.39, 0.29) is 18.0 Å². The highest BCUT2D eigenvalue weighted by molar-refractivity contribution is 6.05. The first kappa shape index (κ1) is 23.4. The number of carbonyl (C=O) groups excluding carboxylic acids is 1. The number of ether oxygens (including phenoxy) is 1. The number of halogens is 1. The molecule has 7 heteroatoms. The molecule has 0 aliphatic heterocycles. The van der Waals surface area contributed by atoms with E-state index in [0.29, 0.717) is 37.2 Å². The molecule has 0 aliphatic rings. The van der Waals surface area contributed by atoms with Crippen LogP contribution in [0.5, 0.6) is 0 Å². The van der Waals surface area contributed by atoms with Crippen LogP contribution in [0.4, 0.5) is 15.9 Å². The number of benzene rings is 2. The van der Waals surface area contributed by atoms with Crippen LogP contribution in [-0.4, -0.2) is 23.3 Å². The van der Waals surface area contributed by atoms with Gasteiger partial charge in [0.25, 0.3) is 5.91 Å². The average molecular weight is 437 g/mol. The third-order valence-corrected chi connectivity index (χ3v) is 4.96. The summed E-state index contributed by atoms with van der Waals surface area (Å²) < 4.78 is 19.3. The Bertz CT molecular complexity index is 981. The molecule has 0 bridgehead atoms. The Hall–Kier alpha value is -3.29. The van der Waals surface area contributed by atoms with Gasteiger partial charge in [0, 0.05) is 18.3 Å². The predicted molar refractivity (Wildman–Crippen MR) is 125 cm³/mol. The van der Waals surface area contributed by atoms with Gasteiger partial charge in [0.1, 0.15) is 12.0 Å². The lowest BCUT2D eigenvalue weighted by molar-refractivity contribution is 0.00628. The lowest BCUT2D eigenvalue weighted by atomic mass is 10.1. The Balaban J connectivity index is 1.54. The van der Waals surface area contributed by atoms with Gasteiger partial charge in [-0.3, -0.25) is 10.1 Å². The topological polar surface area (TPSA) is 89.3 Å². The fraction of sp³-hybridized carbons (Fsp3) is 0.280. The maximum Gasteiger partial charge on any atom is 0.255 e. The number of amides is 1. The fourth-order valence-corrected chi connectivity index (χ4v) is 3.12. The monoisotopic (exact) mass is 436 g/mol. The van der Waals surface area contributed by atoms with E-state index in [0.717, 1.165) is 11.1 Å². The minimum Gasteiger partial charge on any atom is -0.382 e. The van der Waals surface area contributed by atoms with Gasteiger partial charge >= 0.3 is 0 Å². The number of hydrogen-bond acceptors (Lipinski definition) is 5. The molecule has 0 saturated heterocycles. The van der Waals surface area contributed by atoms with E-state index in [1.807, 2.05) is 42.5 Å². The number of anilines is 2. The van der Waals surface area contributed by atoms with E-state index in [4.69, 9.17) is 10.5 Å². The second-order valence-electron chi connectivity index (χ2n) is 7.61. The van der Waals surface area contributed by atoms with Gasteiger partial charge in [0.05, 0.1) is 18.5 Å². The van der Waals surface area contributed by atoms with E-state index in [9.17, 15) is 9.18 Å². The van der Waals surface area contributed by atoms with Crippen molar-refractivity contribution in [1.29, 1.82) is 0 Å². The summed E-state index contributed by atoms with van der Waals surface area (Å²) in [5, 5.41) is 6.10. The highest BCUT2D eigenvalue weighted by Crippen LogP contribution is 2.16. The minimum atomic E-state index is -0.883. The quantitative estimate of drug-likeness (QED) is 0.380. The van der Waals surface area contributed by atoms with Crippen molar-refractivity contribution in [3.05, 3.63) is 89.6 Å². The van der Waals surface area contributed by atoms with Gasteiger partial charge in [-0.15, -0.1) is 0 Å². The molecule has 4 N–H and O–H groups in total. The molecular formula is C25H29FN4O2. The Kier molecular flexibility index (Phi) is 8.71. The van der Waals surface area contributed by atoms with Gasteiger partial charge in [0.15, 0.2) is 0 Å². The Morgan fingerprint density at radius 3 is 2.47 bits per heavy atom. The van der Waals surface area contributed by atoms with Crippen LogP contribution in [0.15, 0.2) is 72.9 Å². The molecule has 32 heavy (non-hydrogen) atoms. The number of nitrogens with two attached hydrogens (primary N) is 1. The summed E-state index contributed by atoms with van der Waals surface area (Å²) in [4.78, 5) is 16.4. The van der Waals surface area contributed by atoms with Crippen molar-refractivity contribution in [2.24, 2.45) is 0 Å². The van der Waals surface area contributed by atoms with Crippen LogP contribution in [0.1, 0.15) is 41.3 Å². The van der Waals surface area contributed by atoms with Gasteiger partial charge in [-0.1, -0.05) is 42.5 Å². The van der Waals surface area contributed by atoms with E-state index in [2.05, 4.69) is 15.6 Å². The van der Waals surface area contributed by atoms with Gasteiger partial charge < -0.3 is 15.8 Å². The molecule has 1 amide bonds. The molecule has 3 aromatic rings. The first-order valence-corrected chi connectivity index (χ1v) is 10.6. The summed E-state index contributed by atoms with van der Waals surface area (Å²) in [6, 6.07) is 20.5. The molecule has 1 heterocycles. The van der Waals surface area contributed by atoms with E-state index >= 15 is 0 Å². The largest absolute Gasteiger partial charge is 0.382 e. The van der Waals surface area contributed by atoms with E-state index in [1.54, 1.807) is 37.4 Å². The zero-order valence-electron chi connectivity index (χ0n) is 18.1. The van der Waals surface area contributed by atoms with Crippen molar-refractivity contribution >= 4 is 17.4 Å². The second-order valence-corrected chi connectivity index (χ2v) is 7.61. The van der Waals surface area contributed by atoms with Crippen molar-refractivity contribution < 1.29 is 13.9 Å². The minimum absolute atomic E-state index is 0.259. The first-order chi connectivity index (χ1) is 15.5. The van der Waals surface area contributed by atoms with Gasteiger partial charge in [0.2, 0.25) is 0 Å². The zero-order valence-corrected chi connectivity index (χ0v) is 18.1. The smallest absolute Gasteiger partial charge is 0.255 e. The maximum absolute atomic E-state index is 13.4. The van der Waals surface area contributed by atoms with Crippen molar-refractivity contribution in [3.8, 4) is 0 Å². The highest BCUT2D eigenvalue weighted by Gasteiger charge is 2.12. The number of alkyl halides is 1. The molecule has 2 aromatic carbocycles. The lowest BCUT2D eigenvalue weighted by Crippen LogP contribution is -2.32. The standard InChI is InChI=1S/C25H29FN4O2/c1-18(26)9-14-23(32-17-20-6-3-2-4-7-20)29-16-19-10-12-21(13-11-19)25(31)30-22-8-5-15-28-24(22)27/h2-8,10-13,15,18,23,29H,9,14,16-17H2,1H3,(H2,27,28)(H,30,31). The SMILES string of the molecule is CC(F)CCC(NCc1ccc(C(=O)Nc2cccnc2N)cc1)OCc1ccccc1. The molecule has 0 fully saturated rings. The Morgan fingerprint density at radius 2 is 1.78 bits per heavy atom. The van der Waals surface area contributed by atoms with Crippen LogP contribution in [0.2, 0.25) is 0 Å². The molecule has 0 saturated carbocycles. The number of hydrogen-bond donors (Lipinski definition) is 3. The molecule has 6 nitrogen and oxygen atoms in total. The summed E-state index contributed by atoms with van der Waals surface area (Å²) >= 11 is 0. The van der Waals surface area contributed by atoms with Gasteiger partial charge in [-0.2, -0.15) is 0 Å². The molecule has 1 aromatic heterocycles. The van der Waals surface area contributed by atoms with Crippen molar-refractivity contribution in [2.45, 2.75) is 45.3 Å². The number of rotatable bonds is 11. The number of carbonyl (C=O) groups is 1. The van der Waals surface area contributed by atoms with Gasteiger partial charge in [-0.25, -0.2) is 9.37 Å².